The molecule has 0 amide bonds. The van der Waals surface area contributed by atoms with Crippen molar-refractivity contribution in [1.82, 2.24) is 4.98 Å². The minimum absolute atomic E-state index is 0.694. The van der Waals surface area contributed by atoms with E-state index >= 15 is 0 Å². The zero-order valence-electron chi connectivity index (χ0n) is 11.8. The lowest BCUT2D eigenvalue weighted by Gasteiger charge is -2.10. The number of aromatic nitrogens is 1. The normalized spacial score (nSPS) is 10.7. The van der Waals surface area contributed by atoms with Crippen molar-refractivity contribution in [3.8, 4) is 17.3 Å². The summed E-state index contributed by atoms with van der Waals surface area (Å²) in [6.45, 7) is 0. The predicted octanol–water partition coefficient (Wildman–Crippen LogP) is 4.93. The second-order valence-corrected chi connectivity index (χ2v) is 5.20. The van der Waals surface area contributed by atoms with Crippen LogP contribution in [0.15, 0.2) is 72.9 Å². The molecule has 22 heavy (non-hydrogen) atoms. The van der Waals surface area contributed by atoms with Crippen molar-refractivity contribution in [3.05, 3.63) is 78.5 Å². The minimum Gasteiger partial charge on any atom is -0.256 e. The fourth-order valence-corrected chi connectivity index (χ4v) is 2.94. The van der Waals surface area contributed by atoms with Gasteiger partial charge in [0.05, 0.1) is 17.3 Å². The SMILES string of the molecule is N#Cc1ccc(-c2nccc3ccccc23)c2ccccc12. The second kappa shape index (κ2) is 4.98. The maximum absolute atomic E-state index is 9.30. The van der Waals surface area contributed by atoms with Gasteiger partial charge in [-0.05, 0) is 22.9 Å². The lowest BCUT2D eigenvalue weighted by Crippen LogP contribution is -1.89. The van der Waals surface area contributed by atoms with E-state index in [1.807, 2.05) is 54.7 Å². The van der Waals surface area contributed by atoms with Crippen LogP contribution in [0.25, 0.3) is 32.8 Å². The van der Waals surface area contributed by atoms with Crippen molar-refractivity contribution in [2.45, 2.75) is 0 Å². The Bertz CT molecular complexity index is 1040. The number of fused-ring (bicyclic) bond motifs is 2. The highest BCUT2D eigenvalue weighted by Crippen LogP contribution is 2.33. The monoisotopic (exact) mass is 280 g/mol. The van der Waals surface area contributed by atoms with Gasteiger partial charge in [0.25, 0.3) is 0 Å². The molecular weight excluding hydrogens is 268 g/mol. The van der Waals surface area contributed by atoms with Crippen molar-refractivity contribution >= 4 is 21.5 Å². The van der Waals surface area contributed by atoms with E-state index in [9.17, 15) is 5.26 Å². The number of hydrogen-bond acceptors (Lipinski definition) is 2. The van der Waals surface area contributed by atoms with Crippen molar-refractivity contribution in [3.63, 3.8) is 0 Å². The first kappa shape index (κ1) is 12.6. The van der Waals surface area contributed by atoms with Gasteiger partial charge in [0.15, 0.2) is 0 Å². The van der Waals surface area contributed by atoms with Gasteiger partial charge in [0.1, 0.15) is 0 Å². The van der Waals surface area contributed by atoms with Crippen LogP contribution in [0.1, 0.15) is 5.56 Å². The lowest BCUT2D eigenvalue weighted by molar-refractivity contribution is 1.36. The molecule has 4 aromatic rings. The van der Waals surface area contributed by atoms with Crippen LogP contribution < -0.4 is 0 Å². The van der Waals surface area contributed by atoms with Crippen LogP contribution in [-0.2, 0) is 0 Å². The maximum atomic E-state index is 9.30. The molecule has 0 saturated carbocycles. The Morgan fingerprint density at radius 3 is 2.27 bits per heavy atom. The molecule has 0 fully saturated rings. The van der Waals surface area contributed by atoms with Crippen LogP contribution in [0.5, 0.6) is 0 Å². The van der Waals surface area contributed by atoms with E-state index in [0.717, 1.165) is 27.4 Å². The highest BCUT2D eigenvalue weighted by Gasteiger charge is 2.10. The van der Waals surface area contributed by atoms with Crippen molar-refractivity contribution in [1.29, 1.82) is 5.26 Å². The van der Waals surface area contributed by atoms with Crippen molar-refractivity contribution in [2.24, 2.45) is 0 Å². The van der Waals surface area contributed by atoms with Gasteiger partial charge in [-0.1, -0.05) is 54.6 Å². The molecule has 0 aliphatic carbocycles. The Kier molecular flexibility index (Phi) is 2.84. The first-order valence-corrected chi connectivity index (χ1v) is 7.14. The third-order valence-electron chi connectivity index (χ3n) is 3.97. The molecule has 1 heterocycles. The Balaban J connectivity index is 2.12. The molecule has 2 nitrogen and oxygen atoms in total. The smallest absolute Gasteiger partial charge is 0.0998 e. The number of benzene rings is 3. The number of nitrogens with zero attached hydrogens (tertiary/aromatic N) is 2. The summed E-state index contributed by atoms with van der Waals surface area (Å²) >= 11 is 0. The summed E-state index contributed by atoms with van der Waals surface area (Å²) in [6, 6.07) is 24.4. The number of pyridine rings is 1. The Hall–Kier alpha value is -3.18. The van der Waals surface area contributed by atoms with Crippen molar-refractivity contribution in [2.75, 3.05) is 0 Å². The van der Waals surface area contributed by atoms with E-state index in [2.05, 4.69) is 29.3 Å². The molecule has 0 bridgehead atoms. The molecule has 0 aliphatic rings. The maximum Gasteiger partial charge on any atom is 0.0998 e. The molecule has 0 aliphatic heterocycles. The van der Waals surface area contributed by atoms with Crippen LogP contribution in [0.4, 0.5) is 0 Å². The highest BCUT2D eigenvalue weighted by atomic mass is 14.7. The molecule has 4 rings (SSSR count). The van der Waals surface area contributed by atoms with Gasteiger partial charge in [-0.15, -0.1) is 0 Å². The first-order chi connectivity index (χ1) is 10.9. The summed E-state index contributed by atoms with van der Waals surface area (Å²) < 4.78 is 0. The largest absolute Gasteiger partial charge is 0.256 e. The zero-order chi connectivity index (χ0) is 14.9. The van der Waals surface area contributed by atoms with Crippen LogP contribution in [0.2, 0.25) is 0 Å². The van der Waals surface area contributed by atoms with Crippen LogP contribution in [0.3, 0.4) is 0 Å². The standard InChI is InChI=1S/C20H12N2/c21-13-15-9-10-19(18-8-4-3-6-16(15)18)20-17-7-2-1-5-14(17)11-12-22-20/h1-12H. The van der Waals surface area contributed by atoms with E-state index in [1.165, 1.54) is 5.39 Å². The van der Waals surface area contributed by atoms with E-state index in [0.29, 0.717) is 5.56 Å². The third kappa shape index (κ3) is 1.84. The summed E-state index contributed by atoms with van der Waals surface area (Å²) in [5.74, 6) is 0. The topological polar surface area (TPSA) is 36.7 Å². The fraction of sp³-hybridized carbons (Fsp3) is 0. The molecule has 3 aromatic carbocycles. The Labute approximate surface area is 128 Å². The zero-order valence-corrected chi connectivity index (χ0v) is 11.8. The predicted molar refractivity (Wildman–Crippen MR) is 89.4 cm³/mol. The summed E-state index contributed by atoms with van der Waals surface area (Å²) in [4.78, 5) is 4.60. The average molecular weight is 280 g/mol. The van der Waals surface area contributed by atoms with Gasteiger partial charge in [-0.2, -0.15) is 5.26 Å². The molecule has 0 saturated heterocycles. The van der Waals surface area contributed by atoms with Gasteiger partial charge in [-0.3, -0.25) is 4.98 Å². The van der Waals surface area contributed by atoms with Gasteiger partial charge in [0.2, 0.25) is 0 Å². The second-order valence-electron chi connectivity index (χ2n) is 5.20. The molecule has 102 valence electrons. The van der Waals surface area contributed by atoms with E-state index in [-0.39, 0.29) is 0 Å². The number of nitriles is 1. The molecule has 0 atom stereocenters. The quantitative estimate of drug-likeness (QED) is 0.496. The molecule has 0 N–H and O–H groups in total. The molecular formula is C20H12N2. The minimum atomic E-state index is 0.694. The van der Waals surface area contributed by atoms with Crippen LogP contribution in [0, 0.1) is 11.3 Å². The van der Waals surface area contributed by atoms with Crippen LogP contribution in [-0.4, -0.2) is 4.98 Å². The average Bonchev–Trinajstić information content (AvgIpc) is 2.60. The first-order valence-electron chi connectivity index (χ1n) is 7.14. The van der Waals surface area contributed by atoms with E-state index in [4.69, 9.17) is 0 Å². The number of rotatable bonds is 1. The number of hydrogen-bond donors (Lipinski definition) is 0. The summed E-state index contributed by atoms with van der Waals surface area (Å²) in [6.07, 6.45) is 1.84. The lowest BCUT2D eigenvalue weighted by atomic mass is 9.96. The molecule has 1 aromatic heterocycles. The van der Waals surface area contributed by atoms with Gasteiger partial charge in [-0.25, -0.2) is 0 Å². The van der Waals surface area contributed by atoms with Crippen LogP contribution >= 0.6 is 0 Å². The third-order valence-corrected chi connectivity index (χ3v) is 3.97. The van der Waals surface area contributed by atoms with Gasteiger partial charge >= 0.3 is 0 Å². The van der Waals surface area contributed by atoms with Gasteiger partial charge in [0, 0.05) is 22.5 Å². The van der Waals surface area contributed by atoms with E-state index < -0.39 is 0 Å². The summed E-state index contributed by atoms with van der Waals surface area (Å²) in [5, 5.41) is 13.6. The molecule has 2 heteroatoms. The fourth-order valence-electron chi connectivity index (χ4n) is 2.94. The highest BCUT2D eigenvalue weighted by molar-refractivity contribution is 6.05. The summed E-state index contributed by atoms with van der Waals surface area (Å²) in [5.41, 5.74) is 2.71. The summed E-state index contributed by atoms with van der Waals surface area (Å²) in [7, 11) is 0. The Morgan fingerprint density at radius 2 is 1.45 bits per heavy atom. The Morgan fingerprint density at radius 1 is 0.727 bits per heavy atom. The van der Waals surface area contributed by atoms with Gasteiger partial charge < -0.3 is 0 Å². The molecule has 0 unspecified atom stereocenters. The van der Waals surface area contributed by atoms with E-state index in [1.54, 1.807) is 0 Å². The molecule has 0 radical (unpaired) electrons. The van der Waals surface area contributed by atoms with Crippen molar-refractivity contribution < 1.29 is 0 Å². The molecule has 0 spiro atoms.